The zero-order valence-corrected chi connectivity index (χ0v) is 34.0. The van der Waals surface area contributed by atoms with Gasteiger partial charge in [0, 0.05) is 54.8 Å². The minimum atomic E-state index is 0.553. The first kappa shape index (κ1) is 35.2. The van der Waals surface area contributed by atoms with E-state index in [-0.39, 0.29) is 0 Å². The predicted octanol–water partition coefficient (Wildman–Crippen LogP) is 14.2. The first-order valence-electron chi connectivity index (χ1n) is 21.3. The molecule has 6 nitrogen and oxygen atoms in total. The topological polar surface area (TPSA) is 53.5 Å². The van der Waals surface area contributed by atoms with Gasteiger partial charge in [-0.05, 0) is 71.8 Å². The second-order valence-corrected chi connectivity index (χ2v) is 16.1. The molecule has 294 valence electrons. The van der Waals surface area contributed by atoms with Crippen LogP contribution in [0.4, 0.5) is 0 Å². The molecular weight excluding hydrogens is 769 g/mol. The molecule has 13 aromatic rings. The maximum Gasteiger partial charge on any atom is 0.238 e. The Morgan fingerprint density at radius 2 is 0.651 bits per heavy atom. The Hall–Kier alpha value is -8.61. The number of hydrogen-bond donors (Lipinski definition) is 0. The van der Waals surface area contributed by atoms with Crippen LogP contribution in [0.5, 0.6) is 0 Å². The van der Waals surface area contributed by atoms with E-state index < -0.39 is 0 Å². The van der Waals surface area contributed by atoms with Crippen LogP contribution in [0.1, 0.15) is 0 Å². The fourth-order valence-corrected chi connectivity index (χ4v) is 9.65. The van der Waals surface area contributed by atoms with Gasteiger partial charge in [-0.1, -0.05) is 158 Å². The molecule has 0 spiro atoms. The summed E-state index contributed by atoms with van der Waals surface area (Å²) in [5.41, 5.74) is 12.9. The minimum absolute atomic E-state index is 0.553. The highest BCUT2D eigenvalue weighted by molar-refractivity contribution is 6.19. The maximum absolute atomic E-state index is 5.41. The molecule has 0 N–H and O–H groups in total. The number of benzene rings is 9. The molecule has 0 atom stereocenters. The molecule has 0 aliphatic heterocycles. The molecule has 0 aliphatic carbocycles. The van der Waals surface area contributed by atoms with E-state index in [0.29, 0.717) is 17.6 Å². The monoisotopic (exact) mass is 804 g/mol. The fourth-order valence-electron chi connectivity index (χ4n) is 9.65. The van der Waals surface area contributed by atoms with Gasteiger partial charge in [0.05, 0.1) is 33.1 Å². The van der Waals surface area contributed by atoms with Gasteiger partial charge in [0.2, 0.25) is 5.95 Å². The van der Waals surface area contributed by atoms with Crippen LogP contribution in [0.2, 0.25) is 0 Å². The number of rotatable bonds is 6. The average molecular weight is 805 g/mol. The van der Waals surface area contributed by atoms with Gasteiger partial charge in [0.25, 0.3) is 0 Å². The predicted molar refractivity (Wildman–Crippen MR) is 259 cm³/mol. The summed E-state index contributed by atoms with van der Waals surface area (Å²) in [5.74, 6) is 1.75. The Bertz CT molecular complexity index is 3840. The Morgan fingerprint density at radius 1 is 0.238 bits per heavy atom. The highest BCUT2D eigenvalue weighted by Gasteiger charge is 2.22. The molecular formula is C57H36N6. The van der Waals surface area contributed by atoms with E-state index in [4.69, 9.17) is 15.0 Å². The quantitative estimate of drug-likeness (QED) is 0.168. The number of hydrogen-bond acceptors (Lipinski definition) is 3. The van der Waals surface area contributed by atoms with Crippen molar-refractivity contribution < 1.29 is 0 Å². The lowest BCUT2D eigenvalue weighted by Crippen LogP contribution is -2.07. The smallest absolute Gasteiger partial charge is 0.238 e. The Labute approximate surface area is 362 Å². The van der Waals surface area contributed by atoms with Gasteiger partial charge in [-0.2, -0.15) is 9.97 Å². The zero-order valence-electron chi connectivity index (χ0n) is 34.0. The lowest BCUT2D eigenvalue weighted by molar-refractivity contribution is 0.953. The molecule has 6 heteroatoms. The zero-order chi connectivity index (χ0) is 41.4. The summed E-state index contributed by atoms with van der Waals surface area (Å²) in [6.07, 6.45) is 0. The second kappa shape index (κ2) is 14.0. The molecule has 13 rings (SSSR count). The van der Waals surface area contributed by atoms with Crippen molar-refractivity contribution in [2.24, 2.45) is 0 Å². The van der Waals surface area contributed by atoms with Gasteiger partial charge >= 0.3 is 0 Å². The number of nitrogens with zero attached hydrogens (tertiary/aromatic N) is 6. The molecule has 0 saturated carbocycles. The van der Waals surface area contributed by atoms with E-state index in [1.807, 2.05) is 6.07 Å². The molecule has 63 heavy (non-hydrogen) atoms. The van der Waals surface area contributed by atoms with Crippen molar-refractivity contribution in [3.05, 3.63) is 218 Å². The van der Waals surface area contributed by atoms with Gasteiger partial charge in [-0.3, -0.25) is 4.57 Å². The van der Waals surface area contributed by atoms with E-state index in [9.17, 15) is 0 Å². The van der Waals surface area contributed by atoms with Crippen molar-refractivity contribution in [1.29, 1.82) is 0 Å². The average Bonchev–Trinajstić information content (AvgIpc) is 3.99. The highest BCUT2D eigenvalue weighted by atomic mass is 15.2. The van der Waals surface area contributed by atoms with Gasteiger partial charge in [-0.25, -0.2) is 4.98 Å². The van der Waals surface area contributed by atoms with E-state index in [1.165, 1.54) is 21.5 Å². The normalized spacial score (nSPS) is 11.8. The molecule has 0 radical (unpaired) electrons. The number of fused-ring (bicyclic) bond motifs is 9. The van der Waals surface area contributed by atoms with Gasteiger partial charge < -0.3 is 9.13 Å². The summed E-state index contributed by atoms with van der Waals surface area (Å²) in [6.45, 7) is 0. The van der Waals surface area contributed by atoms with E-state index in [0.717, 1.165) is 77.5 Å². The van der Waals surface area contributed by atoms with Crippen LogP contribution in [0, 0.1) is 0 Å². The molecule has 0 fully saturated rings. The van der Waals surface area contributed by atoms with Crippen LogP contribution in [-0.2, 0) is 0 Å². The summed E-state index contributed by atoms with van der Waals surface area (Å²) in [7, 11) is 0. The molecule has 4 heterocycles. The van der Waals surface area contributed by atoms with E-state index >= 15 is 0 Å². The lowest BCUT2D eigenvalue weighted by Gasteiger charge is -2.13. The fraction of sp³-hybridized carbons (Fsp3) is 0. The van der Waals surface area contributed by atoms with Crippen molar-refractivity contribution in [2.75, 3.05) is 0 Å². The third-order valence-electron chi connectivity index (χ3n) is 12.5. The van der Waals surface area contributed by atoms with Crippen LogP contribution in [-0.4, -0.2) is 28.7 Å². The van der Waals surface area contributed by atoms with Crippen molar-refractivity contribution in [1.82, 2.24) is 28.7 Å². The number of aromatic nitrogens is 6. The van der Waals surface area contributed by atoms with Crippen molar-refractivity contribution in [2.45, 2.75) is 0 Å². The molecule has 0 unspecified atom stereocenters. The van der Waals surface area contributed by atoms with Crippen LogP contribution in [0.25, 0.3) is 117 Å². The largest absolute Gasteiger partial charge is 0.309 e. The van der Waals surface area contributed by atoms with Crippen LogP contribution in [0.15, 0.2) is 218 Å². The van der Waals surface area contributed by atoms with E-state index in [2.05, 4.69) is 226 Å². The first-order valence-corrected chi connectivity index (χ1v) is 21.3. The minimum Gasteiger partial charge on any atom is -0.309 e. The van der Waals surface area contributed by atoms with Gasteiger partial charge in [-0.15, -0.1) is 0 Å². The van der Waals surface area contributed by atoms with Crippen molar-refractivity contribution in [3.63, 3.8) is 0 Å². The van der Waals surface area contributed by atoms with Crippen LogP contribution in [0.3, 0.4) is 0 Å². The van der Waals surface area contributed by atoms with E-state index in [1.54, 1.807) is 0 Å². The molecule has 0 saturated heterocycles. The maximum atomic E-state index is 5.41. The first-order chi connectivity index (χ1) is 31.2. The third-order valence-corrected chi connectivity index (χ3v) is 12.5. The molecule has 0 amide bonds. The highest BCUT2D eigenvalue weighted by Crippen LogP contribution is 2.40. The molecule has 0 aliphatic rings. The summed E-state index contributed by atoms with van der Waals surface area (Å²) in [4.78, 5) is 16.0. The van der Waals surface area contributed by atoms with Crippen molar-refractivity contribution in [3.8, 4) is 51.2 Å². The lowest BCUT2D eigenvalue weighted by atomic mass is 10.0. The van der Waals surface area contributed by atoms with Gasteiger partial charge in [0.15, 0.2) is 11.6 Å². The number of para-hydroxylation sites is 5. The molecule has 4 aromatic heterocycles. The summed E-state index contributed by atoms with van der Waals surface area (Å²) in [5, 5.41) is 7.11. The Morgan fingerprint density at radius 3 is 1.25 bits per heavy atom. The standard InChI is InChI=1S/C57H36N6/c1-3-16-37(17-4-1)38-30-32-39(33-31-38)55-58-56(40-18-15-21-42(34-40)62-49-26-11-7-22-43(49)44-23-8-12-27-50(44)62)60-57(59-55)63-52-29-14-10-25-46(52)48-35-47-45-24-9-13-28-51(45)61(53(47)36-54(48)63)41-19-5-2-6-20-41/h1-36H. The summed E-state index contributed by atoms with van der Waals surface area (Å²) >= 11 is 0. The third kappa shape index (κ3) is 5.55. The van der Waals surface area contributed by atoms with Crippen LogP contribution >= 0.6 is 0 Å². The Balaban J connectivity index is 1.07. The van der Waals surface area contributed by atoms with Crippen LogP contribution < -0.4 is 0 Å². The second-order valence-electron chi connectivity index (χ2n) is 16.1. The summed E-state index contributed by atoms with van der Waals surface area (Å²) < 4.78 is 6.93. The molecule has 0 bridgehead atoms. The summed E-state index contributed by atoms with van der Waals surface area (Å²) in [6, 6.07) is 77.3. The van der Waals surface area contributed by atoms with Crippen molar-refractivity contribution >= 4 is 65.4 Å². The van der Waals surface area contributed by atoms with Gasteiger partial charge in [0.1, 0.15) is 0 Å². The Kier molecular flexibility index (Phi) is 7.80. The molecule has 9 aromatic carbocycles. The SMILES string of the molecule is c1ccc(-c2ccc(-c3nc(-c4cccc(-n5c6ccccc6c6ccccc65)c4)nc(-n4c5ccccc5c5cc6c7ccccc7n(-c7ccccc7)c6cc54)n3)cc2)cc1.